The van der Waals surface area contributed by atoms with Crippen molar-refractivity contribution in [3.8, 4) is 5.75 Å². The Bertz CT molecular complexity index is 720. The normalized spacial score (nSPS) is 16.6. The lowest BCUT2D eigenvalue weighted by Gasteiger charge is -2.13. The van der Waals surface area contributed by atoms with E-state index in [2.05, 4.69) is 0 Å². The fraction of sp³-hybridized carbons (Fsp3) is 0.125. The molecule has 0 spiro atoms. The molecular formula is C16H13NO3S2. The third-order valence-electron chi connectivity index (χ3n) is 3.02. The van der Waals surface area contributed by atoms with Crippen LogP contribution < -0.4 is 9.64 Å². The van der Waals surface area contributed by atoms with E-state index in [0.29, 0.717) is 22.9 Å². The van der Waals surface area contributed by atoms with Crippen molar-refractivity contribution in [2.24, 2.45) is 0 Å². The number of anilines is 1. The lowest BCUT2D eigenvalue weighted by molar-refractivity contribution is -0.113. The number of carbonyl (C=O) groups is 2. The molecule has 1 aromatic carbocycles. The third-order valence-corrected chi connectivity index (χ3v) is 4.71. The molecule has 1 aliphatic rings. The maximum absolute atomic E-state index is 12.4. The van der Waals surface area contributed by atoms with Crippen LogP contribution in [0.5, 0.6) is 5.75 Å². The van der Waals surface area contributed by atoms with Gasteiger partial charge in [-0.2, -0.15) is 0 Å². The summed E-state index contributed by atoms with van der Waals surface area (Å²) in [5.41, 5.74) is 0.556. The van der Waals surface area contributed by atoms with Crippen molar-refractivity contribution in [2.75, 3.05) is 11.5 Å². The van der Waals surface area contributed by atoms with E-state index in [1.807, 2.05) is 24.4 Å². The van der Waals surface area contributed by atoms with Crippen LogP contribution in [0.4, 0.5) is 10.5 Å². The van der Waals surface area contributed by atoms with E-state index in [-0.39, 0.29) is 11.1 Å². The summed E-state index contributed by atoms with van der Waals surface area (Å²) in [5, 5.41) is 1.65. The number of hydrogen-bond donors (Lipinski definition) is 0. The van der Waals surface area contributed by atoms with Gasteiger partial charge in [0, 0.05) is 4.88 Å². The van der Waals surface area contributed by atoms with E-state index in [0.717, 1.165) is 16.6 Å². The molecule has 0 radical (unpaired) electrons. The Balaban J connectivity index is 1.85. The Kier molecular flexibility index (Phi) is 4.31. The SMILES string of the molecule is CCOc1ccc(N2C(=O)S/C(=C\c3cccs3)C2=O)cc1. The number of ether oxygens (including phenoxy) is 1. The molecule has 1 aromatic heterocycles. The van der Waals surface area contributed by atoms with Gasteiger partial charge >= 0.3 is 0 Å². The van der Waals surface area contributed by atoms with E-state index in [4.69, 9.17) is 4.74 Å². The lowest BCUT2D eigenvalue weighted by atomic mass is 10.2. The van der Waals surface area contributed by atoms with Gasteiger partial charge in [-0.15, -0.1) is 11.3 Å². The molecule has 6 heteroatoms. The Morgan fingerprint density at radius 3 is 2.59 bits per heavy atom. The molecule has 0 N–H and O–H groups in total. The zero-order valence-corrected chi connectivity index (χ0v) is 13.4. The molecule has 0 unspecified atom stereocenters. The van der Waals surface area contributed by atoms with Gasteiger partial charge < -0.3 is 4.74 Å². The van der Waals surface area contributed by atoms with Gasteiger partial charge in [0.2, 0.25) is 0 Å². The largest absolute Gasteiger partial charge is 0.494 e. The van der Waals surface area contributed by atoms with Crippen molar-refractivity contribution < 1.29 is 14.3 Å². The number of benzene rings is 1. The lowest BCUT2D eigenvalue weighted by Crippen LogP contribution is -2.27. The summed E-state index contributed by atoms with van der Waals surface area (Å²) in [6.07, 6.45) is 1.75. The Hall–Kier alpha value is -2.05. The van der Waals surface area contributed by atoms with Crippen LogP contribution in [0.25, 0.3) is 6.08 Å². The topological polar surface area (TPSA) is 46.6 Å². The molecule has 3 rings (SSSR count). The van der Waals surface area contributed by atoms with Crippen molar-refractivity contribution in [1.29, 1.82) is 0 Å². The van der Waals surface area contributed by atoms with Crippen molar-refractivity contribution in [2.45, 2.75) is 6.92 Å². The van der Waals surface area contributed by atoms with Crippen LogP contribution in [-0.4, -0.2) is 17.8 Å². The molecule has 0 bridgehead atoms. The molecule has 1 aliphatic heterocycles. The third kappa shape index (κ3) is 2.93. The number of thioether (sulfide) groups is 1. The molecule has 2 heterocycles. The zero-order chi connectivity index (χ0) is 15.5. The van der Waals surface area contributed by atoms with Crippen LogP contribution in [0.2, 0.25) is 0 Å². The van der Waals surface area contributed by atoms with Crippen molar-refractivity contribution >= 4 is 46.0 Å². The van der Waals surface area contributed by atoms with E-state index in [1.54, 1.807) is 30.3 Å². The van der Waals surface area contributed by atoms with E-state index in [1.165, 1.54) is 16.2 Å². The summed E-state index contributed by atoms with van der Waals surface area (Å²) in [7, 11) is 0. The number of imide groups is 1. The monoisotopic (exact) mass is 331 g/mol. The molecule has 112 valence electrons. The maximum atomic E-state index is 12.4. The highest BCUT2D eigenvalue weighted by Crippen LogP contribution is 2.36. The molecule has 1 fully saturated rings. The summed E-state index contributed by atoms with van der Waals surface area (Å²) in [5.74, 6) is 0.430. The van der Waals surface area contributed by atoms with Crippen LogP contribution in [-0.2, 0) is 4.79 Å². The quantitative estimate of drug-likeness (QED) is 0.780. The van der Waals surface area contributed by atoms with E-state index < -0.39 is 0 Å². The minimum absolute atomic E-state index is 0.281. The highest BCUT2D eigenvalue weighted by Gasteiger charge is 2.36. The molecule has 2 amide bonds. The minimum Gasteiger partial charge on any atom is -0.494 e. The van der Waals surface area contributed by atoms with Gasteiger partial charge in [0.05, 0.1) is 17.2 Å². The molecule has 4 nitrogen and oxygen atoms in total. The summed E-state index contributed by atoms with van der Waals surface area (Å²) < 4.78 is 5.36. The number of carbonyl (C=O) groups excluding carboxylic acids is 2. The highest BCUT2D eigenvalue weighted by atomic mass is 32.2. The van der Waals surface area contributed by atoms with Crippen molar-refractivity contribution in [3.63, 3.8) is 0 Å². The number of nitrogens with zero attached hydrogens (tertiary/aromatic N) is 1. The van der Waals surface area contributed by atoms with Gasteiger partial charge in [-0.1, -0.05) is 6.07 Å². The molecule has 0 aliphatic carbocycles. The number of amides is 2. The Morgan fingerprint density at radius 2 is 1.95 bits per heavy atom. The number of thiophene rings is 1. The summed E-state index contributed by atoms with van der Waals surface area (Å²) in [6.45, 7) is 2.48. The first-order chi connectivity index (χ1) is 10.7. The van der Waals surface area contributed by atoms with Gasteiger partial charge in [-0.25, -0.2) is 4.90 Å². The first-order valence-corrected chi connectivity index (χ1v) is 8.43. The van der Waals surface area contributed by atoms with E-state index in [9.17, 15) is 9.59 Å². The molecular weight excluding hydrogens is 318 g/mol. The first-order valence-electron chi connectivity index (χ1n) is 6.73. The molecule has 22 heavy (non-hydrogen) atoms. The summed E-state index contributed by atoms with van der Waals surface area (Å²) >= 11 is 2.49. The highest BCUT2D eigenvalue weighted by molar-refractivity contribution is 8.19. The molecule has 2 aromatic rings. The van der Waals surface area contributed by atoms with Crippen LogP contribution in [0.15, 0.2) is 46.7 Å². The minimum atomic E-state index is -0.285. The standard InChI is InChI=1S/C16H13NO3S2/c1-2-20-12-7-5-11(6-8-12)17-15(18)14(22-16(17)19)10-13-4-3-9-21-13/h3-10H,2H2,1H3/b14-10-. The Labute approximate surface area is 136 Å². The average Bonchev–Trinajstić information content (AvgIpc) is 3.10. The van der Waals surface area contributed by atoms with Gasteiger partial charge in [0.15, 0.2) is 0 Å². The van der Waals surface area contributed by atoms with E-state index >= 15 is 0 Å². The predicted molar refractivity (Wildman–Crippen MR) is 90.4 cm³/mol. The van der Waals surface area contributed by atoms with Gasteiger partial charge in [-0.05, 0) is 60.5 Å². The number of hydrogen-bond acceptors (Lipinski definition) is 5. The van der Waals surface area contributed by atoms with Crippen LogP contribution >= 0.6 is 23.1 Å². The van der Waals surface area contributed by atoms with Crippen molar-refractivity contribution in [3.05, 3.63) is 51.6 Å². The fourth-order valence-electron chi connectivity index (χ4n) is 2.05. The smallest absolute Gasteiger partial charge is 0.298 e. The molecule has 1 saturated heterocycles. The maximum Gasteiger partial charge on any atom is 0.298 e. The zero-order valence-electron chi connectivity index (χ0n) is 11.8. The van der Waals surface area contributed by atoms with Crippen molar-refractivity contribution in [1.82, 2.24) is 0 Å². The second-order valence-corrected chi connectivity index (χ2v) is 6.43. The average molecular weight is 331 g/mol. The van der Waals surface area contributed by atoms with Gasteiger partial charge in [-0.3, -0.25) is 9.59 Å². The van der Waals surface area contributed by atoms with Gasteiger partial charge in [0.1, 0.15) is 5.75 Å². The summed E-state index contributed by atoms with van der Waals surface area (Å²) in [6, 6.07) is 10.8. The fourth-order valence-corrected chi connectivity index (χ4v) is 3.62. The van der Waals surface area contributed by atoms with Crippen LogP contribution in [0.1, 0.15) is 11.8 Å². The molecule has 0 atom stereocenters. The summed E-state index contributed by atoms with van der Waals surface area (Å²) in [4.78, 5) is 27.2. The van der Waals surface area contributed by atoms with Crippen LogP contribution in [0, 0.1) is 0 Å². The second kappa shape index (κ2) is 6.37. The first kappa shape index (κ1) is 14.9. The van der Waals surface area contributed by atoms with Crippen LogP contribution in [0.3, 0.4) is 0 Å². The Morgan fingerprint density at radius 1 is 1.18 bits per heavy atom. The molecule has 0 saturated carbocycles. The second-order valence-electron chi connectivity index (χ2n) is 4.46. The van der Waals surface area contributed by atoms with Gasteiger partial charge in [0.25, 0.3) is 11.1 Å². The number of rotatable bonds is 4. The predicted octanol–water partition coefficient (Wildman–Crippen LogP) is 4.39.